The van der Waals surface area contributed by atoms with Crippen LogP contribution in [0.5, 0.6) is 0 Å². The maximum Gasteiger partial charge on any atom is 0.255 e. The zero-order valence-corrected chi connectivity index (χ0v) is 12.4. The maximum atomic E-state index is 12.3. The lowest BCUT2D eigenvalue weighted by atomic mass is 10.1. The van der Waals surface area contributed by atoms with E-state index in [1.54, 1.807) is 6.07 Å². The Balaban J connectivity index is 2.15. The number of benzene rings is 2. The zero-order chi connectivity index (χ0) is 15.2. The smallest absolute Gasteiger partial charge is 0.255 e. The molecule has 2 rings (SSSR count). The summed E-state index contributed by atoms with van der Waals surface area (Å²) < 4.78 is 0. The van der Waals surface area contributed by atoms with E-state index in [0.717, 1.165) is 22.5 Å². The summed E-state index contributed by atoms with van der Waals surface area (Å²) in [6.45, 7) is 5.27. The van der Waals surface area contributed by atoms with E-state index >= 15 is 0 Å². The fourth-order valence-corrected chi connectivity index (χ4v) is 2.07. The Hall–Kier alpha value is -2.33. The molecule has 2 aromatic rings. The summed E-state index contributed by atoms with van der Waals surface area (Å²) in [5.74, 6) is -0.111. The molecule has 0 aliphatic rings. The van der Waals surface area contributed by atoms with Crippen molar-refractivity contribution in [3.8, 4) is 0 Å². The molecule has 21 heavy (non-hydrogen) atoms. The van der Waals surface area contributed by atoms with Crippen LogP contribution in [0, 0.1) is 13.8 Å². The van der Waals surface area contributed by atoms with Gasteiger partial charge in [0.25, 0.3) is 5.91 Å². The monoisotopic (exact) mass is 283 g/mol. The van der Waals surface area contributed by atoms with Crippen LogP contribution in [0.2, 0.25) is 0 Å². The summed E-state index contributed by atoms with van der Waals surface area (Å²) in [5, 5.41) is 6.13. The molecule has 0 aliphatic heterocycles. The summed E-state index contributed by atoms with van der Waals surface area (Å²) in [4.78, 5) is 12.3. The SMILES string of the molecule is Cc1cccc(NC(=O)c2cccc(NCCN)c2)c1C. The fraction of sp³-hybridized carbons (Fsp3) is 0.235. The van der Waals surface area contributed by atoms with Gasteiger partial charge in [0.05, 0.1) is 0 Å². The molecule has 0 fully saturated rings. The van der Waals surface area contributed by atoms with Crippen LogP contribution in [-0.2, 0) is 0 Å². The number of carbonyl (C=O) groups excluding carboxylic acids is 1. The second kappa shape index (κ2) is 6.90. The van der Waals surface area contributed by atoms with Crippen LogP contribution in [0.1, 0.15) is 21.5 Å². The lowest BCUT2D eigenvalue weighted by molar-refractivity contribution is 0.102. The van der Waals surface area contributed by atoms with Crippen molar-refractivity contribution in [3.63, 3.8) is 0 Å². The number of rotatable bonds is 5. The van der Waals surface area contributed by atoms with Gasteiger partial charge >= 0.3 is 0 Å². The third-order valence-electron chi connectivity index (χ3n) is 3.45. The highest BCUT2D eigenvalue weighted by Crippen LogP contribution is 2.19. The van der Waals surface area contributed by atoms with Crippen LogP contribution in [0.4, 0.5) is 11.4 Å². The van der Waals surface area contributed by atoms with Crippen LogP contribution < -0.4 is 16.4 Å². The molecule has 0 bridgehead atoms. The molecule has 2 aromatic carbocycles. The lowest BCUT2D eigenvalue weighted by Gasteiger charge is -2.11. The normalized spacial score (nSPS) is 10.2. The highest BCUT2D eigenvalue weighted by molar-refractivity contribution is 6.05. The minimum Gasteiger partial charge on any atom is -0.384 e. The van der Waals surface area contributed by atoms with Crippen LogP contribution in [-0.4, -0.2) is 19.0 Å². The molecule has 4 N–H and O–H groups in total. The number of hydrogen-bond acceptors (Lipinski definition) is 3. The van der Waals surface area contributed by atoms with Crippen molar-refractivity contribution in [2.75, 3.05) is 23.7 Å². The largest absolute Gasteiger partial charge is 0.384 e. The van der Waals surface area contributed by atoms with Gasteiger partial charge in [-0.1, -0.05) is 18.2 Å². The van der Waals surface area contributed by atoms with Gasteiger partial charge in [0.15, 0.2) is 0 Å². The molecule has 0 atom stereocenters. The number of aryl methyl sites for hydroxylation is 1. The van der Waals surface area contributed by atoms with Crippen LogP contribution >= 0.6 is 0 Å². The zero-order valence-electron chi connectivity index (χ0n) is 12.4. The van der Waals surface area contributed by atoms with Gasteiger partial charge in [-0.05, 0) is 49.2 Å². The molecule has 4 heteroatoms. The van der Waals surface area contributed by atoms with Crippen molar-refractivity contribution in [2.45, 2.75) is 13.8 Å². The van der Waals surface area contributed by atoms with Crippen molar-refractivity contribution in [2.24, 2.45) is 5.73 Å². The molecule has 0 heterocycles. The molecule has 0 spiro atoms. The van der Waals surface area contributed by atoms with Gasteiger partial charge in [0.1, 0.15) is 0 Å². The quantitative estimate of drug-likeness (QED) is 0.790. The first-order valence-corrected chi connectivity index (χ1v) is 7.03. The van der Waals surface area contributed by atoms with Gasteiger partial charge in [0, 0.05) is 30.0 Å². The van der Waals surface area contributed by atoms with Crippen molar-refractivity contribution >= 4 is 17.3 Å². The predicted molar refractivity (Wildman–Crippen MR) is 87.9 cm³/mol. The Morgan fingerprint density at radius 1 is 1.14 bits per heavy atom. The van der Waals surface area contributed by atoms with E-state index in [4.69, 9.17) is 5.73 Å². The van der Waals surface area contributed by atoms with E-state index in [1.165, 1.54) is 0 Å². The average molecular weight is 283 g/mol. The molecule has 4 nitrogen and oxygen atoms in total. The summed E-state index contributed by atoms with van der Waals surface area (Å²) in [7, 11) is 0. The van der Waals surface area contributed by atoms with Crippen molar-refractivity contribution in [3.05, 3.63) is 59.2 Å². The topological polar surface area (TPSA) is 67.2 Å². The number of nitrogens with one attached hydrogen (secondary N) is 2. The maximum absolute atomic E-state index is 12.3. The molecule has 0 saturated heterocycles. The molecule has 0 aromatic heterocycles. The molecule has 0 unspecified atom stereocenters. The van der Waals surface area contributed by atoms with Crippen LogP contribution in [0.3, 0.4) is 0 Å². The van der Waals surface area contributed by atoms with E-state index in [2.05, 4.69) is 10.6 Å². The minimum absolute atomic E-state index is 0.111. The fourth-order valence-electron chi connectivity index (χ4n) is 2.07. The van der Waals surface area contributed by atoms with Gasteiger partial charge in [0.2, 0.25) is 0 Å². The van der Waals surface area contributed by atoms with Crippen molar-refractivity contribution < 1.29 is 4.79 Å². The van der Waals surface area contributed by atoms with Gasteiger partial charge in [-0.2, -0.15) is 0 Å². The molecule has 0 saturated carbocycles. The average Bonchev–Trinajstić information content (AvgIpc) is 2.50. The number of nitrogens with two attached hydrogens (primary N) is 1. The van der Waals surface area contributed by atoms with Crippen molar-refractivity contribution in [1.29, 1.82) is 0 Å². The summed E-state index contributed by atoms with van der Waals surface area (Å²) in [5.41, 5.74) is 10.1. The Labute approximate surface area is 125 Å². The third kappa shape index (κ3) is 3.83. The standard InChI is InChI=1S/C17H21N3O/c1-12-5-3-8-16(13(12)2)20-17(21)14-6-4-7-15(11-14)19-10-9-18/h3-8,11,19H,9-10,18H2,1-2H3,(H,20,21). The predicted octanol–water partition coefficient (Wildman–Crippen LogP) is 2.93. The van der Waals surface area contributed by atoms with E-state index in [0.29, 0.717) is 18.7 Å². The summed E-state index contributed by atoms with van der Waals surface area (Å²) >= 11 is 0. The van der Waals surface area contributed by atoms with Crippen molar-refractivity contribution in [1.82, 2.24) is 0 Å². The first kappa shape index (κ1) is 15.1. The number of amides is 1. The molecule has 1 amide bonds. The highest BCUT2D eigenvalue weighted by Gasteiger charge is 2.09. The van der Waals surface area contributed by atoms with Gasteiger partial charge in [-0.25, -0.2) is 0 Å². The molecule has 0 radical (unpaired) electrons. The number of anilines is 2. The second-order valence-electron chi connectivity index (χ2n) is 5.00. The Kier molecular flexibility index (Phi) is 4.95. The molecular weight excluding hydrogens is 262 g/mol. The summed E-state index contributed by atoms with van der Waals surface area (Å²) in [6, 6.07) is 13.3. The van der Waals surface area contributed by atoms with Crippen LogP contribution in [0.25, 0.3) is 0 Å². The first-order valence-electron chi connectivity index (χ1n) is 7.03. The second-order valence-corrected chi connectivity index (χ2v) is 5.00. The van der Waals surface area contributed by atoms with Gasteiger partial charge in [-0.3, -0.25) is 4.79 Å². The van der Waals surface area contributed by atoms with E-state index in [-0.39, 0.29) is 5.91 Å². The van der Waals surface area contributed by atoms with E-state index in [9.17, 15) is 4.79 Å². The first-order chi connectivity index (χ1) is 10.1. The Morgan fingerprint density at radius 3 is 2.67 bits per heavy atom. The Morgan fingerprint density at radius 2 is 1.90 bits per heavy atom. The van der Waals surface area contributed by atoms with Crippen LogP contribution in [0.15, 0.2) is 42.5 Å². The van der Waals surface area contributed by atoms with E-state index in [1.807, 2.05) is 50.2 Å². The van der Waals surface area contributed by atoms with Gasteiger partial charge in [-0.15, -0.1) is 0 Å². The number of carbonyl (C=O) groups is 1. The molecule has 0 aliphatic carbocycles. The van der Waals surface area contributed by atoms with E-state index < -0.39 is 0 Å². The molecular formula is C17H21N3O. The third-order valence-corrected chi connectivity index (χ3v) is 3.45. The lowest BCUT2D eigenvalue weighted by Crippen LogP contribution is -2.15. The highest BCUT2D eigenvalue weighted by atomic mass is 16.1. The number of hydrogen-bond donors (Lipinski definition) is 3. The molecule has 110 valence electrons. The minimum atomic E-state index is -0.111. The summed E-state index contributed by atoms with van der Waals surface area (Å²) in [6.07, 6.45) is 0. The Bertz CT molecular complexity index is 638. The van der Waals surface area contributed by atoms with Gasteiger partial charge < -0.3 is 16.4 Å².